The van der Waals surface area contributed by atoms with Crippen molar-refractivity contribution in [2.24, 2.45) is 0 Å². The average molecular weight is 357 g/mol. The summed E-state index contributed by atoms with van der Waals surface area (Å²) in [4.78, 5) is 11.8. The summed E-state index contributed by atoms with van der Waals surface area (Å²) in [5.41, 5.74) is 3.70. The van der Waals surface area contributed by atoms with Crippen LogP contribution in [0.15, 0.2) is 41.6 Å². The lowest BCUT2D eigenvalue weighted by Gasteiger charge is -2.05. The van der Waals surface area contributed by atoms with Crippen LogP contribution in [0.2, 0.25) is 0 Å². The summed E-state index contributed by atoms with van der Waals surface area (Å²) in [5.74, 6) is 0.175. The van der Waals surface area contributed by atoms with Gasteiger partial charge in [0.1, 0.15) is 0 Å². The average Bonchev–Trinajstić information content (AvgIpc) is 3.03. The van der Waals surface area contributed by atoms with Crippen molar-refractivity contribution in [1.29, 1.82) is 0 Å². The van der Waals surface area contributed by atoms with Crippen LogP contribution in [0, 0.1) is 6.92 Å². The number of thioether (sulfide) groups is 1. The Morgan fingerprint density at radius 1 is 1.20 bits per heavy atom. The maximum Gasteiger partial charge on any atom is 0.230 e. The van der Waals surface area contributed by atoms with Crippen molar-refractivity contribution in [3.63, 3.8) is 0 Å². The van der Waals surface area contributed by atoms with E-state index in [4.69, 9.17) is 4.74 Å². The molecule has 0 aliphatic heterocycles. The molecule has 0 radical (unpaired) electrons. The molecule has 1 amide bonds. The van der Waals surface area contributed by atoms with Gasteiger partial charge in [-0.05, 0) is 19.1 Å². The lowest BCUT2D eigenvalue weighted by molar-refractivity contribution is -0.118. The van der Waals surface area contributed by atoms with Crippen LogP contribution in [-0.4, -0.2) is 51.7 Å². The zero-order valence-electron chi connectivity index (χ0n) is 14.1. The summed E-state index contributed by atoms with van der Waals surface area (Å²) in [5, 5.41) is 16.2. The first-order chi connectivity index (χ1) is 12.2. The van der Waals surface area contributed by atoms with E-state index in [1.165, 1.54) is 17.3 Å². The summed E-state index contributed by atoms with van der Waals surface area (Å²) in [6, 6.07) is 12.0. The van der Waals surface area contributed by atoms with Gasteiger partial charge >= 0.3 is 0 Å². The molecule has 0 saturated heterocycles. The number of fused-ring (bicyclic) bond motifs is 1. The zero-order valence-corrected chi connectivity index (χ0v) is 14.9. The van der Waals surface area contributed by atoms with Gasteiger partial charge in [-0.2, -0.15) is 9.61 Å². The van der Waals surface area contributed by atoms with E-state index in [0.717, 1.165) is 11.3 Å². The van der Waals surface area contributed by atoms with Crippen LogP contribution in [0.3, 0.4) is 0 Å². The van der Waals surface area contributed by atoms with Crippen LogP contribution in [0.1, 0.15) is 5.56 Å². The van der Waals surface area contributed by atoms with Gasteiger partial charge in [0.25, 0.3) is 0 Å². The van der Waals surface area contributed by atoms with Gasteiger partial charge in [0, 0.05) is 19.2 Å². The smallest absolute Gasteiger partial charge is 0.230 e. The topological polar surface area (TPSA) is 81.4 Å². The van der Waals surface area contributed by atoms with Crippen molar-refractivity contribution >= 4 is 23.3 Å². The van der Waals surface area contributed by atoms with Gasteiger partial charge in [-0.15, -0.1) is 10.2 Å². The standard InChI is InChI=1S/C17H19N5O2S/c1-12-3-5-13(6-4-12)14-7-8-15-19-20-17(22(15)21-14)25-11-16(23)18-9-10-24-2/h3-8H,9-11H2,1-2H3,(H,18,23). The third-order valence-corrected chi connectivity index (χ3v) is 4.46. The molecule has 0 spiro atoms. The molecule has 1 aromatic carbocycles. The van der Waals surface area contributed by atoms with Crippen molar-refractivity contribution in [3.8, 4) is 11.3 Å². The molecule has 2 heterocycles. The van der Waals surface area contributed by atoms with E-state index >= 15 is 0 Å². The van der Waals surface area contributed by atoms with Crippen molar-refractivity contribution in [3.05, 3.63) is 42.0 Å². The van der Waals surface area contributed by atoms with Crippen LogP contribution in [0.25, 0.3) is 16.9 Å². The Morgan fingerprint density at radius 3 is 2.76 bits per heavy atom. The van der Waals surface area contributed by atoms with Crippen LogP contribution in [0.5, 0.6) is 0 Å². The number of nitrogens with zero attached hydrogens (tertiary/aromatic N) is 4. The first-order valence-corrected chi connectivity index (χ1v) is 8.84. The number of carbonyl (C=O) groups is 1. The second-order valence-corrected chi connectivity index (χ2v) is 6.41. The number of ether oxygens (including phenoxy) is 1. The molecule has 3 aromatic rings. The van der Waals surface area contributed by atoms with E-state index in [1.807, 2.05) is 43.3 Å². The Labute approximate surface area is 149 Å². The summed E-state index contributed by atoms with van der Waals surface area (Å²) in [7, 11) is 1.60. The molecular formula is C17H19N5O2S. The maximum atomic E-state index is 11.8. The minimum atomic E-state index is -0.0755. The largest absolute Gasteiger partial charge is 0.383 e. The van der Waals surface area contributed by atoms with Gasteiger partial charge in [0.15, 0.2) is 5.65 Å². The fourth-order valence-corrected chi connectivity index (χ4v) is 2.93. The van der Waals surface area contributed by atoms with Crippen LogP contribution in [0.4, 0.5) is 0 Å². The van der Waals surface area contributed by atoms with Gasteiger partial charge in [-0.3, -0.25) is 4.79 Å². The number of carbonyl (C=O) groups excluding carboxylic acids is 1. The number of rotatable bonds is 7. The van der Waals surface area contributed by atoms with Crippen molar-refractivity contribution in [1.82, 2.24) is 25.1 Å². The Hall–Kier alpha value is -2.45. The molecule has 130 valence electrons. The van der Waals surface area contributed by atoms with Crippen LogP contribution in [-0.2, 0) is 9.53 Å². The molecule has 0 bridgehead atoms. The monoisotopic (exact) mass is 357 g/mol. The van der Waals surface area contributed by atoms with E-state index in [9.17, 15) is 4.79 Å². The molecule has 7 nitrogen and oxygen atoms in total. The van der Waals surface area contributed by atoms with Crippen LogP contribution < -0.4 is 5.32 Å². The highest BCUT2D eigenvalue weighted by Crippen LogP contribution is 2.20. The van der Waals surface area contributed by atoms with Gasteiger partial charge in [-0.25, -0.2) is 0 Å². The number of methoxy groups -OCH3 is 1. The number of hydrogen-bond donors (Lipinski definition) is 1. The third-order valence-electron chi connectivity index (χ3n) is 3.54. The quantitative estimate of drug-likeness (QED) is 0.514. The van der Waals surface area contributed by atoms with Crippen molar-refractivity contribution < 1.29 is 9.53 Å². The Kier molecular flexibility index (Phi) is 5.62. The molecule has 0 aliphatic carbocycles. The van der Waals surface area contributed by atoms with E-state index in [1.54, 1.807) is 11.6 Å². The number of nitrogens with one attached hydrogen (secondary N) is 1. The van der Waals surface area contributed by atoms with Crippen molar-refractivity contribution in [2.75, 3.05) is 26.0 Å². The zero-order chi connectivity index (χ0) is 17.6. The number of aryl methyl sites for hydroxylation is 1. The summed E-state index contributed by atoms with van der Waals surface area (Å²) in [6.07, 6.45) is 0. The predicted octanol–water partition coefficient (Wildman–Crippen LogP) is 1.95. The second-order valence-electron chi connectivity index (χ2n) is 5.47. The van der Waals surface area contributed by atoms with Gasteiger partial charge in [0.05, 0.1) is 18.1 Å². The van der Waals surface area contributed by atoms with Gasteiger partial charge in [-0.1, -0.05) is 41.6 Å². The number of aromatic nitrogens is 4. The lowest BCUT2D eigenvalue weighted by atomic mass is 10.1. The minimum Gasteiger partial charge on any atom is -0.383 e. The molecular weight excluding hydrogens is 338 g/mol. The third kappa shape index (κ3) is 4.34. The molecule has 3 rings (SSSR count). The highest BCUT2D eigenvalue weighted by Gasteiger charge is 2.11. The number of benzene rings is 1. The minimum absolute atomic E-state index is 0.0755. The highest BCUT2D eigenvalue weighted by atomic mass is 32.2. The second kappa shape index (κ2) is 8.09. The summed E-state index contributed by atoms with van der Waals surface area (Å²) < 4.78 is 6.57. The molecule has 1 N–H and O–H groups in total. The predicted molar refractivity (Wildman–Crippen MR) is 96.6 cm³/mol. The normalized spacial score (nSPS) is 11.0. The Balaban J connectivity index is 1.74. The van der Waals surface area contributed by atoms with Crippen molar-refractivity contribution in [2.45, 2.75) is 12.1 Å². The van der Waals surface area contributed by atoms with E-state index in [0.29, 0.717) is 24.0 Å². The fraction of sp³-hybridized carbons (Fsp3) is 0.294. The van der Waals surface area contributed by atoms with Gasteiger partial charge in [0.2, 0.25) is 11.1 Å². The maximum absolute atomic E-state index is 11.8. The van der Waals surface area contributed by atoms with E-state index < -0.39 is 0 Å². The molecule has 0 aliphatic rings. The Morgan fingerprint density at radius 2 is 2.00 bits per heavy atom. The molecule has 0 saturated carbocycles. The molecule has 0 atom stereocenters. The fourth-order valence-electron chi connectivity index (χ4n) is 2.21. The van der Waals surface area contributed by atoms with E-state index in [-0.39, 0.29) is 11.7 Å². The molecule has 8 heteroatoms. The summed E-state index contributed by atoms with van der Waals surface area (Å²) in [6.45, 7) is 3.03. The van der Waals surface area contributed by atoms with E-state index in [2.05, 4.69) is 20.6 Å². The number of amides is 1. The Bertz CT molecular complexity index is 863. The SMILES string of the molecule is COCCNC(=O)CSc1nnc2ccc(-c3ccc(C)cc3)nn12. The molecule has 25 heavy (non-hydrogen) atoms. The number of hydrogen-bond acceptors (Lipinski definition) is 6. The molecule has 0 unspecified atom stereocenters. The summed E-state index contributed by atoms with van der Waals surface area (Å²) >= 11 is 1.30. The van der Waals surface area contributed by atoms with Crippen LogP contribution >= 0.6 is 11.8 Å². The highest BCUT2D eigenvalue weighted by molar-refractivity contribution is 7.99. The molecule has 2 aromatic heterocycles. The first kappa shape index (κ1) is 17.4. The first-order valence-electron chi connectivity index (χ1n) is 7.85. The molecule has 0 fully saturated rings. The lowest BCUT2D eigenvalue weighted by Crippen LogP contribution is -2.28. The van der Waals surface area contributed by atoms with Gasteiger partial charge < -0.3 is 10.1 Å².